The number of alkyl halides is 2. The van der Waals surface area contributed by atoms with Crippen LogP contribution in [0.3, 0.4) is 0 Å². The third-order valence-corrected chi connectivity index (χ3v) is 11.5. The maximum atomic E-state index is 15.2. The molecule has 3 aromatic carbocycles. The Morgan fingerprint density at radius 1 is 0.857 bits per heavy atom. The minimum absolute atomic E-state index is 0.0284. The lowest BCUT2D eigenvalue weighted by Gasteiger charge is -2.50. The largest absolute Gasteiger partial charge is 0.508 e. The predicted molar refractivity (Wildman–Crippen MR) is 163 cm³/mol. The highest BCUT2D eigenvalue weighted by atomic mass is 35.5. The average molecular weight is 721 g/mol. The molecule has 0 radical (unpaired) electrons. The molecule has 254 valence electrons. The standard InChI is InChI=1S/C34H23Cl2F5N2O6/c1-49-15-7-10-20(44)18(11-15)22-16-8-9-17-21(30(46)42(29(17)45)13-14-5-3-2-4-6-14)19(16)12-33(35)31(47)43(32(48)34(22,33)36)28-26(40)24(38)23(37)25(39)27(28)41/h2-8,10-11,17,19,21-22,44H,9,12-13H2,1H3/t17-,19+,21-,22+,33+,34-/m0/s1. The smallest absolute Gasteiger partial charge is 0.258 e. The van der Waals surface area contributed by atoms with E-state index in [-0.39, 0.29) is 34.8 Å². The summed E-state index contributed by atoms with van der Waals surface area (Å²) < 4.78 is 78.5. The zero-order chi connectivity index (χ0) is 35.3. The lowest BCUT2D eigenvalue weighted by atomic mass is 9.56. The third-order valence-electron chi connectivity index (χ3n) is 10.0. The van der Waals surface area contributed by atoms with Crippen LogP contribution in [0, 0.1) is 46.8 Å². The van der Waals surface area contributed by atoms with Gasteiger partial charge in [0.1, 0.15) is 17.2 Å². The Kier molecular flexibility index (Phi) is 7.60. The second-order valence-corrected chi connectivity index (χ2v) is 13.6. The number of methoxy groups -OCH3 is 1. The van der Waals surface area contributed by atoms with Crippen molar-refractivity contribution in [2.24, 2.45) is 17.8 Å². The summed E-state index contributed by atoms with van der Waals surface area (Å²) in [4.78, 5) is 51.7. The number of carbonyl (C=O) groups is 4. The molecule has 2 saturated heterocycles. The molecule has 0 unspecified atom stereocenters. The molecule has 1 saturated carbocycles. The van der Waals surface area contributed by atoms with E-state index in [0.717, 1.165) is 4.90 Å². The number of benzene rings is 3. The van der Waals surface area contributed by atoms with Gasteiger partial charge in [-0.15, -0.1) is 23.2 Å². The molecule has 2 aliphatic carbocycles. The van der Waals surface area contributed by atoms with Gasteiger partial charge in [0, 0.05) is 11.5 Å². The molecule has 7 rings (SSSR count). The van der Waals surface area contributed by atoms with Gasteiger partial charge >= 0.3 is 0 Å². The van der Waals surface area contributed by atoms with Crippen molar-refractivity contribution < 1.29 is 51.0 Å². The fourth-order valence-corrected chi connectivity index (χ4v) is 8.72. The van der Waals surface area contributed by atoms with E-state index in [1.165, 1.54) is 25.3 Å². The molecule has 2 heterocycles. The SMILES string of the molecule is COc1ccc(O)c([C@H]2C3=CC[C@@H]4C(=O)N(Cc5ccccc5)C(=O)[C@@H]4[C@@H]3C[C@@]3(Cl)C(=O)N(c4c(F)c(F)c(F)c(F)c4F)C(=O)[C@@]23Cl)c1. The van der Waals surface area contributed by atoms with E-state index in [9.17, 15) is 37.5 Å². The summed E-state index contributed by atoms with van der Waals surface area (Å²) in [6.45, 7) is -0.0649. The summed E-state index contributed by atoms with van der Waals surface area (Å²) in [5.74, 6) is -21.9. The minimum Gasteiger partial charge on any atom is -0.508 e. The molecule has 49 heavy (non-hydrogen) atoms. The van der Waals surface area contributed by atoms with Gasteiger partial charge in [-0.1, -0.05) is 42.0 Å². The fraction of sp³-hybridized carbons (Fsp3) is 0.294. The first-order valence-electron chi connectivity index (χ1n) is 14.9. The normalized spacial score (nSPS) is 29.2. The van der Waals surface area contributed by atoms with Gasteiger partial charge < -0.3 is 9.84 Å². The van der Waals surface area contributed by atoms with Crippen LogP contribution in [0.25, 0.3) is 0 Å². The molecule has 15 heteroatoms. The number of phenols is 1. The van der Waals surface area contributed by atoms with E-state index in [0.29, 0.717) is 5.56 Å². The highest BCUT2D eigenvalue weighted by molar-refractivity contribution is 6.58. The number of aromatic hydroxyl groups is 1. The molecule has 0 bridgehead atoms. The number of halogens is 7. The number of phenolic OH excluding ortho intramolecular Hbond substituents is 1. The number of imide groups is 2. The Hall–Kier alpha value is -4.49. The fourth-order valence-electron chi connectivity index (χ4n) is 7.79. The van der Waals surface area contributed by atoms with Crippen molar-refractivity contribution in [3.63, 3.8) is 0 Å². The van der Waals surface area contributed by atoms with Gasteiger partial charge in [0.2, 0.25) is 17.6 Å². The summed E-state index contributed by atoms with van der Waals surface area (Å²) in [5, 5.41) is 11.1. The van der Waals surface area contributed by atoms with Crippen LogP contribution in [0.4, 0.5) is 27.6 Å². The van der Waals surface area contributed by atoms with Gasteiger partial charge in [-0.05, 0) is 42.5 Å². The number of hydrogen-bond donors (Lipinski definition) is 1. The number of likely N-dealkylation sites (tertiary alicyclic amines) is 1. The monoisotopic (exact) mass is 720 g/mol. The Labute approximate surface area is 284 Å². The zero-order valence-corrected chi connectivity index (χ0v) is 26.7. The minimum atomic E-state index is -2.76. The van der Waals surface area contributed by atoms with Crippen molar-refractivity contribution in [3.8, 4) is 11.5 Å². The number of anilines is 1. The molecule has 1 N–H and O–H groups in total. The first-order chi connectivity index (χ1) is 23.2. The quantitative estimate of drug-likeness (QED) is 0.0885. The summed E-state index contributed by atoms with van der Waals surface area (Å²) in [7, 11) is 1.30. The topological polar surface area (TPSA) is 104 Å². The molecule has 4 aliphatic rings. The van der Waals surface area contributed by atoms with E-state index < -0.39 is 104 Å². The van der Waals surface area contributed by atoms with E-state index >= 15 is 8.78 Å². The summed E-state index contributed by atoms with van der Waals surface area (Å²) >= 11 is 14.2. The Morgan fingerprint density at radius 3 is 2.12 bits per heavy atom. The highest BCUT2D eigenvalue weighted by Crippen LogP contribution is 2.66. The first kappa shape index (κ1) is 33.0. The highest BCUT2D eigenvalue weighted by Gasteiger charge is 2.77. The molecule has 8 nitrogen and oxygen atoms in total. The van der Waals surface area contributed by atoms with Crippen molar-refractivity contribution >= 4 is 52.5 Å². The van der Waals surface area contributed by atoms with E-state index in [4.69, 9.17) is 27.9 Å². The van der Waals surface area contributed by atoms with Crippen molar-refractivity contribution in [2.75, 3.05) is 12.0 Å². The van der Waals surface area contributed by atoms with Crippen molar-refractivity contribution in [1.29, 1.82) is 0 Å². The molecule has 4 amide bonds. The molecule has 0 aromatic heterocycles. The number of rotatable bonds is 5. The number of carbonyl (C=O) groups excluding carboxylic acids is 4. The Morgan fingerprint density at radius 2 is 1.49 bits per heavy atom. The van der Waals surface area contributed by atoms with E-state index in [1.54, 1.807) is 36.4 Å². The van der Waals surface area contributed by atoms with Gasteiger partial charge in [0.25, 0.3) is 11.8 Å². The number of fused-ring (bicyclic) bond motifs is 4. The molecular weight excluding hydrogens is 698 g/mol. The van der Waals surface area contributed by atoms with Crippen LogP contribution in [0.2, 0.25) is 0 Å². The summed E-state index contributed by atoms with van der Waals surface area (Å²) in [6.07, 6.45) is 0.867. The van der Waals surface area contributed by atoms with E-state index in [2.05, 4.69) is 0 Å². The number of amides is 4. The molecule has 3 fully saturated rings. The van der Waals surface area contributed by atoms with Crippen LogP contribution < -0.4 is 9.64 Å². The molecule has 3 aromatic rings. The maximum absolute atomic E-state index is 15.2. The Bertz CT molecular complexity index is 2000. The number of ether oxygens (including phenoxy) is 1. The van der Waals surface area contributed by atoms with Gasteiger partial charge in [0.15, 0.2) is 33.0 Å². The zero-order valence-electron chi connectivity index (χ0n) is 25.2. The molecule has 6 atom stereocenters. The van der Waals surface area contributed by atoms with Gasteiger partial charge in [0.05, 0.1) is 25.5 Å². The van der Waals surface area contributed by atoms with Crippen molar-refractivity contribution in [3.05, 3.63) is 100 Å². The second kappa shape index (κ2) is 11.3. The van der Waals surface area contributed by atoms with Crippen LogP contribution >= 0.6 is 23.2 Å². The van der Waals surface area contributed by atoms with Gasteiger partial charge in [-0.2, -0.15) is 0 Å². The molecule has 2 aliphatic heterocycles. The molecule has 0 spiro atoms. The number of allylic oxidation sites excluding steroid dienone is 2. The maximum Gasteiger partial charge on any atom is 0.258 e. The van der Waals surface area contributed by atoms with Crippen molar-refractivity contribution in [2.45, 2.75) is 35.1 Å². The lowest BCUT2D eigenvalue weighted by molar-refractivity contribution is -0.141. The first-order valence-corrected chi connectivity index (χ1v) is 15.7. The van der Waals surface area contributed by atoms with Crippen LogP contribution in [-0.2, 0) is 25.7 Å². The van der Waals surface area contributed by atoms with Crippen LogP contribution in [0.1, 0.15) is 29.9 Å². The van der Waals surface area contributed by atoms with Crippen molar-refractivity contribution in [1.82, 2.24) is 4.90 Å². The van der Waals surface area contributed by atoms with Crippen LogP contribution in [0.5, 0.6) is 11.5 Å². The van der Waals surface area contributed by atoms with Gasteiger partial charge in [-0.25, -0.2) is 26.9 Å². The second-order valence-electron chi connectivity index (χ2n) is 12.4. The Balaban J connectivity index is 1.42. The van der Waals surface area contributed by atoms with E-state index in [1.807, 2.05) is 0 Å². The predicted octanol–water partition coefficient (Wildman–Crippen LogP) is 5.86. The summed E-state index contributed by atoms with van der Waals surface area (Å²) in [5.41, 5.74) is -1.17. The van der Waals surface area contributed by atoms with Gasteiger partial charge in [-0.3, -0.25) is 24.1 Å². The molecular formula is C34H23Cl2F5N2O6. The third kappa shape index (κ3) is 4.33. The number of hydrogen-bond acceptors (Lipinski definition) is 6. The number of nitrogens with zero attached hydrogens (tertiary/aromatic N) is 2. The van der Waals surface area contributed by atoms with Crippen LogP contribution in [0.15, 0.2) is 60.2 Å². The average Bonchev–Trinajstić information content (AvgIpc) is 3.41. The lowest BCUT2D eigenvalue weighted by Crippen LogP contribution is -2.60. The summed E-state index contributed by atoms with van der Waals surface area (Å²) in [6, 6.07) is 12.5. The van der Waals surface area contributed by atoms with Crippen LogP contribution in [-0.4, -0.2) is 50.5 Å².